The standard InChI is InChI=1S/C29H48O/c1-18(2)19(3)8-9-20(4)23-12-13-25-22-10-11-24-21(5)27(30)15-17-29(24,7)26(22)14-16-28(23,25)6/h10,18,20-21,23-27,30H,3,8-9,11-17H2,1-2,4-7H3/t20-,21+,23-,24+,25+,26-,27+,28-,29+/m1/s1. The minimum Gasteiger partial charge on any atom is -0.393 e. The Bertz CT molecular complexity index is 688. The fourth-order valence-corrected chi connectivity index (χ4v) is 8.82. The maximum absolute atomic E-state index is 10.5. The monoisotopic (exact) mass is 412 g/mol. The molecule has 1 nitrogen and oxygen atoms in total. The predicted octanol–water partition coefficient (Wildman–Crippen LogP) is 7.80. The molecule has 0 saturated heterocycles. The van der Waals surface area contributed by atoms with Gasteiger partial charge in [0.1, 0.15) is 0 Å². The molecule has 3 saturated carbocycles. The fourth-order valence-electron chi connectivity index (χ4n) is 8.82. The average molecular weight is 413 g/mol. The molecule has 0 unspecified atom stereocenters. The summed E-state index contributed by atoms with van der Waals surface area (Å²) in [4.78, 5) is 0. The highest BCUT2D eigenvalue weighted by Crippen LogP contribution is 2.67. The molecular weight excluding hydrogens is 364 g/mol. The van der Waals surface area contributed by atoms with Gasteiger partial charge in [-0.3, -0.25) is 0 Å². The van der Waals surface area contributed by atoms with E-state index >= 15 is 0 Å². The summed E-state index contributed by atoms with van der Waals surface area (Å²) in [6.45, 7) is 19.0. The third kappa shape index (κ3) is 3.46. The van der Waals surface area contributed by atoms with Crippen LogP contribution in [0.4, 0.5) is 0 Å². The molecule has 0 radical (unpaired) electrons. The molecule has 1 heteroatoms. The van der Waals surface area contributed by atoms with Gasteiger partial charge in [-0.05, 0) is 110 Å². The Labute approximate surface area is 186 Å². The number of hydrogen-bond donors (Lipinski definition) is 1. The van der Waals surface area contributed by atoms with Crippen LogP contribution in [-0.4, -0.2) is 11.2 Å². The van der Waals surface area contributed by atoms with E-state index in [2.05, 4.69) is 54.2 Å². The molecule has 9 atom stereocenters. The zero-order valence-electron chi connectivity index (χ0n) is 20.7. The Hall–Kier alpha value is -0.560. The Morgan fingerprint density at radius 3 is 2.43 bits per heavy atom. The zero-order valence-corrected chi connectivity index (χ0v) is 20.7. The van der Waals surface area contributed by atoms with Crippen molar-refractivity contribution < 1.29 is 5.11 Å². The molecule has 0 aliphatic heterocycles. The minimum absolute atomic E-state index is 0.0795. The molecule has 4 rings (SSSR count). The van der Waals surface area contributed by atoms with Gasteiger partial charge < -0.3 is 5.11 Å². The Morgan fingerprint density at radius 2 is 1.73 bits per heavy atom. The van der Waals surface area contributed by atoms with Gasteiger partial charge in [0.15, 0.2) is 0 Å². The van der Waals surface area contributed by atoms with Gasteiger partial charge in [0, 0.05) is 0 Å². The van der Waals surface area contributed by atoms with Crippen LogP contribution in [0.5, 0.6) is 0 Å². The van der Waals surface area contributed by atoms with E-state index in [0.29, 0.717) is 28.6 Å². The van der Waals surface area contributed by atoms with Gasteiger partial charge in [0.05, 0.1) is 6.10 Å². The lowest BCUT2D eigenvalue weighted by Gasteiger charge is -2.59. The van der Waals surface area contributed by atoms with Crippen LogP contribution in [-0.2, 0) is 0 Å². The van der Waals surface area contributed by atoms with E-state index in [1.165, 1.54) is 56.9 Å². The van der Waals surface area contributed by atoms with Crippen molar-refractivity contribution in [1.82, 2.24) is 0 Å². The lowest BCUT2D eigenvalue weighted by molar-refractivity contribution is -0.0773. The van der Waals surface area contributed by atoms with E-state index < -0.39 is 0 Å². The molecule has 0 heterocycles. The SMILES string of the molecule is C=C(CC[C@@H](C)[C@H]1CC[C@H]2C3=CC[C@H]4[C@H](C)[C@@H](O)CC[C@]4(C)[C@@H]3CC[C@]12C)C(C)C. The molecule has 0 aromatic heterocycles. The number of aliphatic hydroxyl groups excluding tert-OH is 1. The van der Waals surface area contributed by atoms with E-state index in [0.717, 1.165) is 30.1 Å². The maximum atomic E-state index is 10.5. The van der Waals surface area contributed by atoms with Crippen molar-refractivity contribution >= 4 is 0 Å². The van der Waals surface area contributed by atoms with Crippen molar-refractivity contribution in [3.63, 3.8) is 0 Å². The van der Waals surface area contributed by atoms with Crippen LogP contribution in [0.3, 0.4) is 0 Å². The van der Waals surface area contributed by atoms with Gasteiger partial charge in [-0.15, -0.1) is 0 Å². The molecule has 170 valence electrons. The summed E-state index contributed by atoms with van der Waals surface area (Å²) >= 11 is 0. The molecule has 3 fully saturated rings. The summed E-state index contributed by atoms with van der Waals surface area (Å²) in [5.74, 6) is 5.04. The molecule has 0 amide bonds. The van der Waals surface area contributed by atoms with Crippen LogP contribution in [0.2, 0.25) is 0 Å². The summed E-state index contributed by atoms with van der Waals surface area (Å²) in [7, 11) is 0. The molecule has 0 spiro atoms. The summed E-state index contributed by atoms with van der Waals surface area (Å²) in [5.41, 5.74) is 4.22. The highest BCUT2D eigenvalue weighted by Gasteiger charge is 2.59. The Balaban J connectivity index is 1.52. The van der Waals surface area contributed by atoms with Crippen molar-refractivity contribution in [2.45, 2.75) is 105 Å². The molecule has 4 aliphatic carbocycles. The molecule has 0 aromatic rings. The molecule has 30 heavy (non-hydrogen) atoms. The maximum Gasteiger partial charge on any atom is 0.0568 e. The highest BCUT2D eigenvalue weighted by molar-refractivity contribution is 5.28. The summed E-state index contributed by atoms with van der Waals surface area (Å²) in [6.07, 6.45) is 14.2. The Kier molecular flexibility index (Phi) is 6.10. The van der Waals surface area contributed by atoms with Crippen molar-refractivity contribution in [2.75, 3.05) is 0 Å². The van der Waals surface area contributed by atoms with Gasteiger partial charge in [-0.1, -0.05) is 65.3 Å². The first-order chi connectivity index (χ1) is 14.1. The normalized spacial score (nSPS) is 46.6. The van der Waals surface area contributed by atoms with Crippen LogP contribution in [0.25, 0.3) is 0 Å². The van der Waals surface area contributed by atoms with Crippen molar-refractivity contribution in [2.24, 2.45) is 52.3 Å². The second kappa shape index (κ2) is 8.09. The molecule has 4 aliphatic rings. The van der Waals surface area contributed by atoms with Crippen LogP contribution in [0.15, 0.2) is 23.8 Å². The first-order valence-electron chi connectivity index (χ1n) is 13.1. The number of fused-ring (bicyclic) bond motifs is 5. The highest BCUT2D eigenvalue weighted by atomic mass is 16.3. The summed E-state index contributed by atoms with van der Waals surface area (Å²) in [5, 5.41) is 10.5. The number of rotatable bonds is 5. The first kappa shape index (κ1) is 22.6. The molecule has 0 aromatic carbocycles. The smallest absolute Gasteiger partial charge is 0.0568 e. The molecule has 1 N–H and O–H groups in total. The van der Waals surface area contributed by atoms with E-state index in [9.17, 15) is 5.11 Å². The van der Waals surface area contributed by atoms with Crippen LogP contribution in [0.1, 0.15) is 99.3 Å². The van der Waals surface area contributed by atoms with Crippen molar-refractivity contribution in [3.8, 4) is 0 Å². The van der Waals surface area contributed by atoms with Crippen molar-refractivity contribution in [1.29, 1.82) is 0 Å². The third-order valence-corrected chi connectivity index (χ3v) is 11.1. The first-order valence-corrected chi connectivity index (χ1v) is 13.1. The Morgan fingerprint density at radius 1 is 1.07 bits per heavy atom. The molecule has 0 bridgehead atoms. The second-order valence-electron chi connectivity index (χ2n) is 12.7. The van der Waals surface area contributed by atoms with Crippen molar-refractivity contribution in [3.05, 3.63) is 23.8 Å². The predicted molar refractivity (Wildman–Crippen MR) is 128 cm³/mol. The number of allylic oxidation sites excluding steroid dienone is 3. The van der Waals surface area contributed by atoms with Gasteiger partial charge >= 0.3 is 0 Å². The summed E-state index contributed by atoms with van der Waals surface area (Å²) in [6, 6.07) is 0. The quantitative estimate of drug-likeness (QED) is 0.457. The zero-order chi connectivity index (χ0) is 21.8. The number of hydrogen-bond acceptors (Lipinski definition) is 1. The van der Waals surface area contributed by atoms with E-state index in [-0.39, 0.29) is 6.10 Å². The fraction of sp³-hybridized carbons (Fsp3) is 0.862. The van der Waals surface area contributed by atoms with E-state index in [1.807, 2.05) is 5.57 Å². The van der Waals surface area contributed by atoms with Crippen LogP contribution in [0, 0.1) is 52.3 Å². The largest absolute Gasteiger partial charge is 0.393 e. The average Bonchev–Trinajstić information content (AvgIpc) is 3.06. The lowest BCUT2D eigenvalue weighted by atomic mass is 9.46. The van der Waals surface area contributed by atoms with E-state index in [4.69, 9.17) is 0 Å². The number of aliphatic hydroxyl groups is 1. The topological polar surface area (TPSA) is 20.2 Å². The van der Waals surface area contributed by atoms with Gasteiger partial charge in [0.25, 0.3) is 0 Å². The van der Waals surface area contributed by atoms with E-state index in [1.54, 1.807) is 0 Å². The van der Waals surface area contributed by atoms with Crippen LogP contribution < -0.4 is 0 Å². The third-order valence-electron chi connectivity index (χ3n) is 11.1. The van der Waals surface area contributed by atoms with Gasteiger partial charge in [0.2, 0.25) is 0 Å². The van der Waals surface area contributed by atoms with Gasteiger partial charge in [-0.25, -0.2) is 0 Å². The summed E-state index contributed by atoms with van der Waals surface area (Å²) < 4.78 is 0. The van der Waals surface area contributed by atoms with Crippen LogP contribution >= 0.6 is 0 Å². The minimum atomic E-state index is -0.0795. The van der Waals surface area contributed by atoms with Gasteiger partial charge in [-0.2, -0.15) is 0 Å². The second-order valence-corrected chi connectivity index (χ2v) is 12.7. The molecular formula is C29H48O. The lowest BCUT2D eigenvalue weighted by Crippen LogP contribution is -2.52.